The van der Waals surface area contributed by atoms with E-state index in [4.69, 9.17) is 10.4 Å². The molecular formula is C36H72O13S2. The van der Waals surface area contributed by atoms with E-state index in [1.165, 1.54) is 12.8 Å². The quantitative estimate of drug-likeness (QED) is 0.0156. The zero-order valence-electron chi connectivity index (χ0n) is 31.5. The first-order chi connectivity index (χ1) is 24.1. The molecule has 0 saturated carbocycles. The maximum Gasteiger partial charge on any atom is 0.342 e. The first kappa shape index (κ1) is 51.7. The zero-order chi connectivity index (χ0) is 39.0. The van der Waals surface area contributed by atoms with Crippen LogP contribution in [0.4, 0.5) is 0 Å². The monoisotopic (exact) mass is 776 g/mol. The Morgan fingerprint density at radius 1 is 0.490 bits per heavy atom. The molecule has 0 aromatic carbocycles. The number of carbonyl (C=O) groups is 2. The van der Waals surface area contributed by atoms with Gasteiger partial charge in [-0.15, -0.1) is 0 Å². The molecule has 0 fully saturated rings. The zero-order valence-corrected chi connectivity index (χ0v) is 33.1. The maximum absolute atomic E-state index is 11.5. The van der Waals surface area contributed by atoms with Crippen molar-refractivity contribution in [3.8, 4) is 0 Å². The first-order valence-electron chi connectivity index (χ1n) is 19.5. The number of unbranched alkanes of at least 4 members (excludes halogenated alkanes) is 18. The number of carboxylic acid groups (broad SMARTS) is 1. The molecule has 306 valence electrons. The number of carboxylic acids is 1. The van der Waals surface area contributed by atoms with Gasteiger partial charge in [0.25, 0.3) is 20.2 Å². The Hall–Kier alpha value is -1.36. The van der Waals surface area contributed by atoms with Gasteiger partial charge >= 0.3 is 11.9 Å². The van der Waals surface area contributed by atoms with Crippen molar-refractivity contribution in [1.82, 2.24) is 0 Å². The Bertz CT molecular complexity index is 1050. The predicted octanol–water partition coefficient (Wildman–Crippen LogP) is 8.27. The SMILES string of the molecule is CCCCCCCCC(C(O)CCCCCCCC(=O)O)S(=O)(=O)O.CCCCCCCCC(C(O)CCCCCCCC(=O)OO)S(=O)(=O)O. The predicted molar refractivity (Wildman–Crippen MR) is 200 cm³/mol. The molecule has 51 heavy (non-hydrogen) atoms. The fourth-order valence-electron chi connectivity index (χ4n) is 6.06. The minimum atomic E-state index is -4.25. The number of rotatable bonds is 34. The van der Waals surface area contributed by atoms with Crippen LogP contribution in [0.3, 0.4) is 0 Å². The van der Waals surface area contributed by atoms with Crippen LogP contribution in [0.5, 0.6) is 0 Å². The van der Waals surface area contributed by atoms with Crippen molar-refractivity contribution in [2.75, 3.05) is 0 Å². The van der Waals surface area contributed by atoms with Gasteiger partial charge in [0.05, 0.1) is 12.2 Å². The Balaban J connectivity index is 0. The molecule has 0 spiro atoms. The molecule has 15 heteroatoms. The fraction of sp³-hybridized carbons (Fsp3) is 0.944. The molecule has 0 bridgehead atoms. The van der Waals surface area contributed by atoms with Gasteiger partial charge in [0.1, 0.15) is 10.5 Å². The van der Waals surface area contributed by atoms with Crippen molar-refractivity contribution >= 4 is 32.2 Å². The lowest BCUT2D eigenvalue weighted by atomic mass is 10.0. The summed E-state index contributed by atoms with van der Waals surface area (Å²) in [4.78, 5) is 24.7. The van der Waals surface area contributed by atoms with Crippen LogP contribution in [0, 0.1) is 0 Å². The maximum atomic E-state index is 11.5. The summed E-state index contributed by atoms with van der Waals surface area (Å²) in [6, 6.07) is 0. The highest BCUT2D eigenvalue weighted by Gasteiger charge is 2.31. The fourth-order valence-corrected chi connectivity index (χ4v) is 8.06. The second-order valence-corrected chi connectivity index (χ2v) is 17.1. The van der Waals surface area contributed by atoms with Crippen molar-refractivity contribution < 1.29 is 61.0 Å². The van der Waals surface area contributed by atoms with Crippen LogP contribution in [0.25, 0.3) is 0 Å². The summed E-state index contributed by atoms with van der Waals surface area (Å²) < 4.78 is 64.9. The minimum Gasteiger partial charge on any atom is -0.481 e. The number of carbonyl (C=O) groups excluding carboxylic acids is 1. The molecule has 13 nitrogen and oxygen atoms in total. The van der Waals surface area contributed by atoms with Gasteiger partial charge in [-0.3, -0.25) is 13.9 Å². The molecule has 0 aliphatic carbocycles. The average molecular weight is 777 g/mol. The van der Waals surface area contributed by atoms with Crippen LogP contribution in [0.2, 0.25) is 0 Å². The van der Waals surface area contributed by atoms with Crippen LogP contribution in [0.15, 0.2) is 0 Å². The number of hydrogen-bond donors (Lipinski definition) is 6. The Morgan fingerprint density at radius 2 is 0.784 bits per heavy atom. The molecule has 4 atom stereocenters. The summed E-state index contributed by atoms with van der Waals surface area (Å²) in [5, 5.41) is 34.8. The highest BCUT2D eigenvalue weighted by Crippen LogP contribution is 2.21. The summed E-state index contributed by atoms with van der Waals surface area (Å²) in [6.45, 7) is 4.27. The first-order valence-corrected chi connectivity index (χ1v) is 22.5. The molecule has 0 aromatic heterocycles. The molecule has 0 radical (unpaired) electrons. The summed E-state index contributed by atoms with van der Waals surface area (Å²) in [5.74, 6) is -1.44. The van der Waals surface area contributed by atoms with Crippen LogP contribution in [-0.4, -0.2) is 81.2 Å². The van der Waals surface area contributed by atoms with Crippen molar-refractivity contribution in [2.24, 2.45) is 0 Å². The van der Waals surface area contributed by atoms with Gasteiger partial charge < -0.3 is 20.2 Å². The second kappa shape index (κ2) is 33.2. The lowest BCUT2D eigenvalue weighted by molar-refractivity contribution is -0.234. The normalized spacial score (nSPS) is 14.3. The number of hydrogen-bond acceptors (Lipinski definition) is 10. The van der Waals surface area contributed by atoms with Crippen LogP contribution in [-0.2, 0) is 34.7 Å². The van der Waals surface area contributed by atoms with E-state index in [0.717, 1.165) is 89.9 Å². The van der Waals surface area contributed by atoms with E-state index in [9.17, 15) is 45.7 Å². The van der Waals surface area contributed by atoms with Crippen LogP contribution >= 0.6 is 0 Å². The number of aliphatic hydroxyl groups is 2. The van der Waals surface area contributed by atoms with Gasteiger partial charge in [-0.2, -0.15) is 22.1 Å². The molecule has 0 amide bonds. The van der Waals surface area contributed by atoms with E-state index >= 15 is 0 Å². The summed E-state index contributed by atoms with van der Waals surface area (Å²) >= 11 is 0. The standard InChI is InChI=1S/C18H36O7S.C18H36O6S/c1-2-3-4-5-8-11-14-17(26(22,23)24)16(19)13-10-7-6-9-12-15-18(20)25-21;1-2-3-4-5-8-11-14-17(25(22,23)24)16(19)13-10-7-6-9-12-15-18(20)21/h16-17,19,21H,2-15H2,1H3,(H,22,23,24);16-17,19H,2-15H2,1H3,(H,20,21)(H,22,23,24). The molecule has 0 heterocycles. The number of aliphatic carboxylic acids is 1. The molecular weight excluding hydrogens is 705 g/mol. The average Bonchev–Trinajstić information content (AvgIpc) is 3.05. The lowest BCUT2D eigenvalue weighted by Crippen LogP contribution is -2.33. The van der Waals surface area contributed by atoms with E-state index < -0.39 is 54.9 Å². The smallest absolute Gasteiger partial charge is 0.342 e. The van der Waals surface area contributed by atoms with Gasteiger partial charge in [-0.05, 0) is 38.5 Å². The topological polar surface area (TPSA) is 233 Å². The van der Waals surface area contributed by atoms with E-state index in [2.05, 4.69) is 18.7 Å². The van der Waals surface area contributed by atoms with E-state index in [0.29, 0.717) is 57.8 Å². The Kier molecular flexibility index (Phi) is 33.7. The highest BCUT2D eigenvalue weighted by atomic mass is 32.2. The molecule has 0 aliphatic rings. The third-order valence-corrected chi connectivity index (χ3v) is 11.8. The molecule has 0 aliphatic heterocycles. The van der Waals surface area contributed by atoms with Crippen molar-refractivity contribution in [3.05, 3.63) is 0 Å². The summed E-state index contributed by atoms with van der Waals surface area (Å²) in [6.07, 6.45) is 19.3. The Morgan fingerprint density at radius 3 is 1.10 bits per heavy atom. The second-order valence-electron chi connectivity index (χ2n) is 13.8. The molecule has 0 saturated heterocycles. The van der Waals surface area contributed by atoms with Gasteiger partial charge in [-0.25, -0.2) is 4.79 Å². The lowest BCUT2D eigenvalue weighted by Gasteiger charge is -2.20. The largest absolute Gasteiger partial charge is 0.481 e. The third-order valence-electron chi connectivity index (χ3n) is 9.18. The van der Waals surface area contributed by atoms with E-state index in [-0.39, 0.29) is 19.3 Å². The molecule has 0 aromatic rings. The van der Waals surface area contributed by atoms with Gasteiger partial charge in [0, 0.05) is 12.8 Å². The van der Waals surface area contributed by atoms with E-state index in [1.54, 1.807) is 0 Å². The van der Waals surface area contributed by atoms with Crippen molar-refractivity contribution in [3.63, 3.8) is 0 Å². The van der Waals surface area contributed by atoms with Crippen molar-refractivity contribution in [2.45, 2.75) is 216 Å². The molecule has 0 rings (SSSR count). The minimum absolute atomic E-state index is 0.169. The van der Waals surface area contributed by atoms with E-state index in [1.807, 2.05) is 0 Å². The number of aliphatic hydroxyl groups excluding tert-OH is 2. The molecule has 6 N–H and O–H groups in total. The highest BCUT2D eigenvalue weighted by molar-refractivity contribution is 7.86. The van der Waals surface area contributed by atoms with Gasteiger partial charge in [0.2, 0.25) is 0 Å². The van der Waals surface area contributed by atoms with Crippen LogP contribution in [0.1, 0.15) is 194 Å². The molecule has 4 unspecified atom stereocenters. The van der Waals surface area contributed by atoms with Gasteiger partial charge in [0.15, 0.2) is 0 Å². The summed E-state index contributed by atoms with van der Waals surface area (Å²) in [5.41, 5.74) is 0. The van der Waals surface area contributed by atoms with Crippen LogP contribution < -0.4 is 0 Å². The van der Waals surface area contributed by atoms with Crippen molar-refractivity contribution in [1.29, 1.82) is 0 Å². The van der Waals surface area contributed by atoms with Gasteiger partial charge in [-0.1, -0.05) is 142 Å². The summed E-state index contributed by atoms with van der Waals surface area (Å²) in [7, 11) is -8.49. The third kappa shape index (κ3) is 33.0. The Labute approximate surface area is 308 Å².